The Hall–Kier alpha value is -2.52. The van der Waals surface area contributed by atoms with Gasteiger partial charge in [-0.2, -0.15) is 13.2 Å². The van der Waals surface area contributed by atoms with Crippen LogP contribution in [0.1, 0.15) is 28.7 Å². The molecule has 0 bridgehead atoms. The van der Waals surface area contributed by atoms with Crippen molar-refractivity contribution in [2.24, 2.45) is 0 Å². The Morgan fingerprint density at radius 2 is 1.97 bits per heavy atom. The zero-order valence-electron chi connectivity index (χ0n) is 15.2. The molecule has 0 saturated carbocycles. The van der Waals surface area contributed by atoms with Gasteiger partial charge in [0, 0.05) is 12.1 Å². The van der Waals surface area contributed by atoms with Gasteiger partial charge in [0.25, 0.3) is 5.91 Å². The van der Waals surface area contributed by atoms with Crippen LogP contribution in [-0.4, -0.2) is 33.6 Å². The van der Waals surface area contributed by atoms with Crippen LogP contribution in [0.25, 0.3) is 0 Å². The van der Waals surface area contributed by atoms with Crippen molar-refractivity contribution in [1.29, 1.82) is 0 Å². The van der Waals surface area contributed by atoms with Crippen LogP contribution in [0.3, 0.4) is 0 Å². The lowest BCUT2D eigenvalue weighted by Gasteiger charge is -2.41. The maximum atomic E-state index is 13.6. The Balaban J connectivity index is 1.82. The molecule has 2 aromatic rings. The van der Waals surface area contributed by atoms with Crippen LogP contribution < -0.4 is 5.48 Å². The molecule has 9 heteroatoms. The van der Waals surface area contributed by atoms with E-state index in [-0.39, 0.29) is 29.0 Å². The lowest BCUT2D eigenvalue weighted by Crippen LogP contribution is -2.57. The summed E-state index contributed by atoms with van der Waals surface area (Å²) >= 11 is 5.27. The first-order valence-corrected chi connectivity index (χ1v) is 9.31. The number of nitrogens with one attached hydrogen (secondary N) is 1. The molecule has 0 aliphatic carbocycles. The highest BCUT2D eigenvalue weighted by Crippen LogP contribution is 2.34. The molecule has 1 amide bonds. The Labute approximate surface area is 170 Å². The number of thiocarbonyl (C=S) groups is 1. The molecule has 2 N–H and O–H groups in total. The summed E-state index contributed by atoms with van der Waals surface area (Å²) in [5.41, 5.74) is 1.60. The van der Waals surface area contributed by atoms with Gasteiger partial charge in [0.1, 0.15) is 16.8 Å². The minimum atomic E-state index is -4.58. The molecule has 3 rings (SSSR count). The zero-order valence-corrected chi connectivity index (χ0v) is 16.0. The topological polar surface area (TPSA) is 52.6 Å². The van der Waals surface area contributed by atoms with Crippen LogP contribution in [0.4, 0.5) is 17.6 Å². The molecule has 0 unspecified atom stereocenters. The molecule has 29 heavy (non-hydrogen) atoms. The molecule has 4 nitrogen and oxygen atoms in total. The van der Waals surface area contributed by atoms with Gasteiger partial charge >= 0.3 is 6.18 Å². The Morgan fingerprint density at radius 3 is 2.55 bits per heavy atom. The molecule has 1 saturated heterocycles. The first-order valence-electron chi connectivity index (χ1n) is 8.90. The first kappa shape index (κ1) is 21.2. The third-order valence-corrected chi connectivity index (χ3v) is 5.40. The number of carbonyl (C=O) groups is 1. The SMILES string of the molecule is O=C(NO)[C@H]1CCN1C(=S)c1ccc(CCc2cccc(F)c2)c(C(F)(F)F)c1. The second-order valence-electron chi connectivity index (χ2n) is 6.78. The number of aryl methyl sites for hydroxylation is 2. The van der Waals surface area contributed by atoms with Gasteiger partial charge in [-0.3, -0.25) is 10.0 Å². The second kappa shape index (κ2) is 8.46. The molecule has 0 spiro atoms. The third kappa shape index (κ3) is 4.73. The number of likely N-dealkylation sites (tertiary alicyclic amines) is 1. The predicted molar refractivity (Wildman–Crippen MR) is 102 cm³/mol. The smallest absolute Gasteiger partial charge is 0.350 e. The Kier molecular flexibility index (Phi) is 6.18. The van der Waals surface area contributed by atoms with Gasteiger partial charge in [0.2, 0.25) is 0 Å². The van der Waals surface area contributed by atoms with Gasteiger partial charge in [0.15, 0.2) is 0 Å². The number of hydrogen-bond donors (Lipinski definition) is 2. The molecule has 0 aromatic heterocycles. The number of hydroxylamine groups is 1. The van der Waals surface area contributed by atoms with Crippen molar-refractivity contribution >= 4 is 23.1 Å². The van der Waals surface area contributed by atoms with E-state index in [0.717, 1.165) is 6.07 Å². The number of alkyl halides is 3. The summed E-state index contributed by atoms with van der Waals surface area (Å²) < 4.78 is 54.2. The summed E-state index contributed by atoms with van der Waals surface area (Å²) in [6.07, 6.45) is -3.79. The number of rotatable bonds is 5. The summed E-state index contributed by atoms with van der Waals surface area (Å²) in [7, 11) is 0. The molecule has 1 aliphatic rings. The van der Waals surface area contributed by atoms with Crippen LogP contribution >= 0.6 is 12.2 Å². The fourth-order valence-electron chi connectivity index (χ4n) is 3.31. The normalized spacial score (nSPS) is 16.3. The van der Waals surface area contributed by atoms with Crippen LogP contribution in [0.2, 0.25) is 0 Å². The third-order valence-electron chi connectivity index (χ3n) is 4.93. The number of nitrogens with zero attached hydrogens (tertiary/aromatic N) is 1. The number of hydrogen-bond acceptors (Lipinski definition) is 3. The molecule has 1 atom stereocenters. The molecule has 1 aliphatic heterocycles. The summed E-state index contributed by atoms with van der Waals surface area (Å²) in [4.78, 5) is 13.2. The van der Waals surface area contributed by atoms with E-state index in [0.29, 0.717) is 18.5 Å². The van der Waals surface area contributed by atoms with E-state index < -0.39 is 29.5 Å². The minimum absolute atomic E-state index is 0.0848. The van der Waals surface area contributed by atoms with E-state index in [4.69, 9.17) is 17.4 Å². The van der Waals surface area contributed by atoms with Crippen LogP contribution in [0, 0.1) is 5.82 Å². The van der Waals surface area contributed by atoms with E-state index in [2.05, 4.69) is 0 Å². The molecule has 154 valence electrons. The van der Waals surface area contributed by atoms with Crippen molar-refractivity contribution in [3.8, 4) is 0 Å². The molecule has 2 aromatic carbocycles. The van der Waals surface area contributed by atoms with Crippen molar-refractivity contribution in [3.63, 3.8) is 0 Å². The average molecular weight is 426 g/mol. The van der Waals surface area contributed by atoms with Crippen molar-refractivity contribution in [3.05, 3.63) is 70.5 Å². The van der Waals surface area contributed by atoms with Crippen molar-refractivity contribution in [1.82, 2.24) is 10.4 Å². The van der Waals surface area contributed by atoms with Crippen LogP contribution in [0.5, 0.6) is 0 Å². The molecular formula is C20H18F4N2O2S. The predicted octanol–water partition coefficient (Wildman–Crippen LogP) is 3.88. The molecule has 1 heterocycles. The Morgan fingerprint density at radius 1 is 1.21 bits per heavy atom. The van der Waals surface area contributed by atoms with E-state index in [1.807, 2.05) is 0 Å². The average Bonchev–Trinajstić information content (AvgIpc) is 2.64. The second-order valence-corrected chi connectivity index (χ2v) is 7.17. The highest BCUT2D eigenvalue weighted by atomic mass is 32.1. The fourth-order valence-corrected chi connectivity index (χ4v) is 3.65. The maximum absolute atomic E-state index is 13.6. The summed E-state index contributed by atoms with van der Waals surface area (Å²) in [5, 5.41) is 8.76. The van der Waals surface area contributed by atoms with Gasteiger partial charge in [-0.1, -0.05) is 36.5 Å². The van der Waals surface area contributed by atoms with Crippen molar-refractivity contribution < 1.29 is 27.6 Å². The first-order chi connectivity index (χ1) is 13.7. The van der Waals surface area contributed by atoms with Gasteiger partial charge in [-0.15, -0.1) is 0 Å². The minimum Gasteiger partial charge on any atom is -0.350 e. The lowest BCUT2D eigenvalue weighted by atomic mass is 9.95. The summed E-state index contributed by atoms with van der Waals surface area (Å²) in [6, 6.07) is 8.89. The van der Waals surface area contributed by atoms with E-state index in [1.54, 1.807) is 6.07 Å². The maximum Gasteiger partial charge on any atom is 0.416 e. The van der Waals surface area contributed by atoms with Gasteiger partial charge in [-0.05, 0) is 48.6 Å². The van der Waals surface area contributed by atoms with Crippen LogP contribution in [-0.2, 0) is 23.8 Å². The zero-order chi connectivity index (χ0) is 21.2. The van der Waals surface area contributed by atoms with Crippen molar-refractivity contribution in [2.45, 2.75) is 31.5 Å². The summed E-state index contributed by atoms with van der Waals surface area (Å²) in [5.74, 6) is -1.09. The van der Waals surface area contributed by atoms with E-state index in [1.165, 1.54) is 40.7 Å². The van der Waals surface area contributed by atoms with Gasteiger partial charge < -0.3 is 4.90 Å². The molecule has 1 fully saturated rings. The van der Waals surface area contributed by atoms with Gasteiger partial charge in [0.05, 0.1) is 5.56 Å². The number of halogens is 4. The Bertz CT molecular complexity index is 933. The largest absolute Gasteiger partial charge is 0.416 e. The monoisotopic (exact) mass is 426 g/mol. The highest BCUT2D eigenvalue weighted by molar-refractivity contribution is 7.80. The van der Waals surface area contributed by atoms with Gasteiger partial charge in [-0.25, -0.2) is 9.87 Å². The molecular weight excluding hydrogens is 408 g/mol. The number of carbonyl (C=O) groups excluding carboxylic acids is 1. The van der Waals surface area contributed by atoms with E-state index >= 15 is 0 Å². The van der Waals surface area contributed by atoms with E-state index in [9.17, 15) is 22.4 Å². The standard InChI is InChI=1S/C20H18F4N2O2S/c21-15-3-1-2-12(10-15)4-5-13-6-7-14(11-16(13)20(22,23)24)19(29)26-9-8-17(26)18(27)25-28/h1-3,6-7,10-11,17,28H,4-5,8-9H2,(H,25,27)/t17-/m1/s1. The quantitative estimate of drug-likeness (QED) is 0.330. The number of amides is 1. The fraction of sp³-hybridized carbons (Fsp3) is 0.300. The summed E-state index contributed by atoms with van der Waals surface area (Å²) in [6.45, 7) is 0.416. The lowest BCUT2D eigenvalue weighted by molar-refractivity contribution is -0.138. The number of benzene rings is 2. The molecule has 0 radical (unpaired) electrons. The van der Waals surface area contributed by atoms with Crippen molar-refractivity contribution in [2.75, 3.05) is 6.54 Å². The van der Waals surface area contributed by atoms with Crippen LogP contribution in [0.15, 0.2) is 42.5 Å². The highest BCUT2D eigenvalue weighted by Gasteiger charge is 2.38.